The monoisotopic (exact) mass is 246 g/mol. The molecule has 0 saturated carbocycles. The first-order valence-corrected chi connectivity index (χ1v) is 6.44. The van der Waals surface area contributed by atoms with Crippen LogP contribution < -0.4 is 10.7 Å². The van der Waals surface area contributed by atoms with Gasteiger partial charge in [-0.2, -0.15) is 10.5 Å². The highest BCUT2D eigenvalue weighted by Crippen LogP contribution is 2.17. The number of aliphatic imine (C=N–C) groups is 1. The van der Waals surface area contributed by atoms with E-state index in [4.69, 9.17) is 16.3 Å². The quantitative estimate of drug-likeness (QED) is 0.694. The van der Waals surface area contributed by atoms with Crippen molar-refractivity contribution in [3.63, 3.8) is 0 Å². The van der Waals surface area contributed by atoms with Gasteiger partial charge in [0, 0.05) is 5.92 Å². The van der Waals surface area contributed by atoms with Crippen molar-refractivity contribution in [1.82, 2.24) is 0 Å². The Hall–Kier alpha value is -1.88. The van der Waals surface area contributed by atoms with Crippen LogP contribution in [0, 0.1) is 34.5 Å². The van der Waals surface area contributed by atoms with Gasteiger partial charge >= 0.3 is 0 Å². The molecule has 96 valence electrons. The topological polar surface area (TPSA) is 99.9 Å². The van der Waals surface area contributed by atoms with Crippen molar-refractivity contribution in [3.05, 3.63) is 0 Å². The molecule has 5 heteroatoms. The molecule has 0 bridgehead atoms. The number of nitrogens with two attached hydrogens (primary N) is 1. The van der Waals surface area contributed by atoms with Crippen LogP contribution in [-0.2, 0) is 0 Å². The lowest BCUT2D eigenvalue weighted by Crippen LogP contribution is -2.80. The fourth-order valence-corrected chi connectivity index (χ4v) is 2.14. The molecule has 5 nitrogen and oxygen atoms in total. The summed E-state index contributed by atoms with van der Waals surface area (Å²) in [5, 5.41) is 17.8. The van der Waals surface area contributed by atoms with E-state index in [-0.39, 0.29) is 6.17 Å². The average molecular weight is 246 g/mol. The lowest BCUT2D eigenvalue weighted by atomic mass is 9.96. The predicted molar refractivity (Wildman–Crippen MR) is 69.4 cm³/mol. The summed E-state index contributed by atoms with van der Waals surface area (Å²) in [6.07, 6.45) is 4.31. The van der Waals surface area contributed by atoms with Gasteiger partial charge < -0.3 is 0 Å². The van der Waals surface area contributed by atoms with Crippen LogP contribution in [0.5, 0.6) is 0 Å². The van der Waals surface area contributed by atoms with E-state index in [2.05, 4.69) is 23.8 Å². The number of amidine groups is 1. The number of hydrogen-bond acceptors (Lipinski definition) is 4. The minimum Gasteiger partial charge on any atom is -0.286 e. The van der Waals surface area contributed by atoms with Crippen LogP contribution in [0.2, 0.25) is 0 Å². The number of hydrogen-bond donors (Lipinski definition) is 2. The lowest BCUT2D eigenvalue weighted by molar-refractivity contribution is -0.507. The zero-order valence-electron chi connectivity index (χ0n) is 11.0. The van der Waals surface area contributed by atoms with Gasteiger partial charge in [0.15, 0.2) is 17.8 Å². The molecule has 0 aromatic heterocycles. The zero-order chi connectivity index (χ0) is 13.5. The molecule has 0 aromatic rings. The molecule has 0 aromatic carbocycles. The maximum absolute atomic E-state index is 8.88. The van der Waals surface area contributed by atoms with Gasteiger partial charge in [0.1, 0.15) is 0 Å². The number of nitrogens with zero attached hydrogens (tertiary/aromatic N) is 3. The van der Waals surface area contributed by atoms with E-state index in [1.165, 1.54) is 0 Å². The van der Waals surface area contributed by atoms with Gasteiger partial charge in [-0.1, -0.05) is 26.7 Å². The maximum atomic E-state index is 8.88. The molecule has 1 aliphatic heterocycles. The van der Waals surface area contributed by atoms with Crippen molar-refractivity contribution in [2.75, 3.05) is 0 Å². The second-order valence-corrected chi connectivity index (χ2v) is 4.52. The molecule has 0 unspecified atom stereocenters. The summed E-state index contributed by atoms with van der Waals surface area (Å²) in [4.78, 5) is 7.54. The van der Waals surface area contributed by atoms with Crippen LogP contribution in [0.25, 0.3) is 0 Å². The van der Waals surface area contributed by atoms with Gasteiger partial charge in [0.2, 0.25) is 0 Å². The van der Waals surface area contributed by atoms with Gasteiger partial charge in [0.25, 0.3) is 5.84 Å². The second-order valence-electron chi connectivity index (χ2n) is 4.52. The summed E-state index contributed by atoms with van der Waals surface area (Å²) in [6, 6.07) is 3.82. The summed E-state index contributed by atoms with van der Waals surface area (Å²) in [6.45, 7) is 4.28. The fourth-order valence-electron chi connectivity index (χ4n) is 2.14. The highest BCUT2D eigenvalue weighted by atomic mass is 15.1. The molecular weight excluding hydrogens is 226 g/mol. The Kier molecular flexibility index (Phi) is 5.32. The van der Waals surface area contributed by atoms with E-state index < -0.39 is 5.92 Å². The van der Waals surface area contributed by atoms with Crippen LogP contribution in [0.4, 0.5) is 0 Å². The lowest BCUT2D eigenvalue weighted by Gasteiger charge is -2.15. The molecule has 0 spiro atoms. The number of rotatable bonds is 6. The van der Waals surface area contributed by atoms with Gasteiger partial charge in [-0.05, 0) is 12.8 Å². The maximum Gasteiger partial charge on any atom is 0.291 e. The standard InChI is InChI=1S/C13H19N5/c1-3-5-6-9(4-2)13-17-11(12(16)18-13)10(7-14)8-15/h9-10,13H,3-6H2,1-2H3,(H2,16,18)/p+1/t9-,13-/m0/s1. The summed E-state index contributed by atoms with van der Waals surface area (Å²) in [5.74, 6) is -0.0896. The van der Waals surface area contributed by atoms with Crippen LogP contribution in [0.1, 0.15) is 39.5 Å². The van der Waals surface area contributed by atoms with E-state index in [1.54, 1.807) is 0 Å². The SMILES string of the molecule is CCCC[C@H](CC)[C@H]1N=C(C(C#N)C#N)C(N)=[NH+]1. The number of nitrogens with one attached hydrogen (secondary N) is 1. The first kappa shape index (κ1) is 14.2. The predicted octanol–water partition coefficient (Wildman–Crippen LogP) is 0.0847. The first-order chi connectivity index (χ1) is 8.67. The van der Waals surface area contributed by atoms with Crippen molar-refractivity contribution in [2.45, 2.75) is 45.7 Å². The average Bonchev–Trinajstić information content (AvgIpc) is 2.74. The third-order valence-electron chi connectivity index (χ3n) is 3.29. The number of nitriles is 2. The summed E-state index contributed by atoms with van der Waals surface area (Å²) >= 11 is 0. The van der Waals surface area contributed by atoms with Crippen LogP contribution in [0.3, 0.4) is 0 Å². The Bertz CT molecular complexity index is 410. The van der Waals surface area contributed by atoms with E-state index in [0.717, 1.165) is 25.7 Å². The molecule has 0 radical (unpaired) electrons. The third kappa shape index (κ3) is 3.07. The Morgan fingerprint density at radius 1 is 1.39 bits per heavy atom. The highest BCUT2D eigenvalue weighted by molar-refractivity contribution is 6.41. The van der Waals surface area contributed by atoms with E-state index in [0.29, 0.717) is 17.5 Å². The smallest absolute Gasteiger partial charge is 0.286 e. The van der Waals surface area contributed by atoms with Gasteiger partial charge in [-0.15, -0.1) is 0 Å². The summed E-state index contributed by atoms with van der Waals surface area (Å²) in [5.41, 5.74) is 6.22. The molecule has 3 N–H and O–H groups in total. The summed E-state index contributed by atoms with van der Waals surface area (Å²) < 4.78 is 0. The molecule has 18 heavy (non-hydrogen) atoms. The fraction of sp³-hybridized carbons (Fsp3) is 0.692. The zero-order valence-corrected chi connectivity index (χ0v) is 11.0. The Balaban J connectivity index is 2.83. The third-order valence-corrected chi connectivity index (χ3v) is 3.29. The van der Waals surface area contributed by atoms with Crippen LogP contribution in [-0.4, -0.2) is 17.7 Å². The molecule has 0 amide bonds. The van der Waals surface area contributed by atoms with Crippen molar-refractivity contribution in [1.29, 1.82) is 10.5 Å². The molecule has 0 aliphatic carbocycles. The van der Waals surface area contributed by atoms with E-state index in [1.807, 2.05) is 12.1 Å². The van der Waals surface area contributed by atoms with Crippen LogP contribution >= 0.6 is 0 Å². The molecule has 0 fully saturated rings. The van der Waals surface area contributed by atoms with Crippen LogP contribution in [0.15, 0.2) is 4.99 Å². The highest BCUT2D eigenvalue weighted by Gasteiger charge is 2.33. The van der Waals surface area contributed by atoms with Crippen molar-refractivity contribution < 1.29 is 4.99 Å². The van der Waals surface area contributed by atoms with Crippen molar-refractivity contribution in [3.8, 4) is 12.1 Å². The largest absolute Gasteiger partial charge is 0.291 e. The minimum absolute atomic E-state index is 0.0826. The van der Waals surface area contributed by atoms with Crippen molar-refractivity contribution in [2.24, 2.45) is 22.6 Å². The normalized spacial score (nSPS) is 19.9. The van der Waals surface area contributed by atoms with Gasteiger partial charge in [-0.3, -0.25) is 10.7 Å². The first-order valence-electron chi connectivity index (χ1n) is 6.44. The molecule has 1 aliphatic rings. The molecule has 0 saturated heterocycles. The second kappa shape index (κ2) is 6.76. The summed E-state index contributed by atoms with van der Waals surface area (Å²) in [7, 11) is 0. The van der Waals surface area contributed by atoms with E-state index >= 15 is 0 Å². The Morgan fingerprint density at radius 2 is 2.06 bits per heavy atom. The minimum atomic E-state index is -0.869. The molecular formula is C13H20N5+. The van der Waals surface area contributed by atoms with E-state index in [9.17, 15) is 0 Å². The number of unbranched alkanes of at least 4 members (excludes halogenated alkanes) is 1. The molecule has 1 rings (SSSR count). The molecule has 2 atom stereocenters. The van der Waals surface area contributed by atoms with Crippen molar-refractivity contribution >= 4 is 11.5 Å². The Morgan fingerprint density at radius 3 is 2.56 bits per heavy atom. The van der Waals surface area contributed by atoms with Gasteiger partial charge in [-0.25, -0.2) is 4.99 Å². The van der Waals surface area contributed by atoms with Gasteiger partial charge in [0.05, 0.1) is 12.1 Å². The molecule has 1 heterocycles. The Labute approximate surface area is 108 Å².